The van der Waals surface area contributed by atoms with Crippen molar-refractivity contribution in [2.75, 3.05) is 18.5 Å². The normalized spacial score (nSPS) is 14.2. The first-order chi connectivity index (χ1) is 12.0. The van der Waals surface area contributed by atoms with Gasteiger partial charge in [-0.3, -0.25) is 4.79 Å². The highest BCUT2D eigenvalue weighted by molar-refractivity contribution is 8.00. The molecule has 132 valence electrons. The molecule has 0 aromatic heterocycles. The maximum absolute atomic E-state index is 12.6. The molecule has 2 aromatic carbocycles. The minimum absolute atomic E-state index is 0.00649. The number of benzene rings is 2. The summed E-state index contributed by atoms with van der Waals surface area (Å²) in [5, 5.41) is 2.84. The maximum atomic E-state index is 12.6. The topological polar surface area (TPSA) is 47.6 Å². The van der Waals surface area contributed by atoms with Crippen molar-refractivity contribution in [3.63, 3.8) is 0 Å². The molecule has 0 saturated heterocycles. The van der Waals surface area contributed by atoms with Crippen molar-refractivity contribution >= 4 is 23.4 Å². The van der Waals surface area contributed by atoms with E-state index in [0.29, 0.717) is 19.1 Å². The largest absolute Gasteiger partial charge is 0.486 e. The molecule has 0 saturated carbocycles. The summed E-state index contributed by atoms with van der Waals surface area (Å²) in [6.07, 6.45) is 0. The lowest BCUT2D eigenvalue weighted by Gasteiger charge is -2.20. The lowest BCUT2D eigenvalue weighted by molar-refractivity contribution is -0.115. The van der Waals surface area contributed by atoms with Crippen LogP contribution in [0.25, 0.3) is 0 Å². The lowest BCUT2D eigenvalue weighted by Crippen LogP contribution is -2.23. The average molecular weight is 357 g/mol. The molecule has 25 heavy (non-hydrogen) atoms. The Hall–Kier alpha value is -2.14. The van der Waals surface area contributed by atoms with E-state index in [2.05, 4.69) is 25.2 Å². The number of carbonyl (C=O) groups is 1. The van der Waals surface area contributed by atoms with E-state index in [1.807, 2.05) is 43.3 Å². The fraction of sp³-hybridized carbons (Fsp3) is 0.350. The number of hydrogen-bond donors (Lipinski definition) is 1. The number of fused-ring (bicyclic) bond motifs is 1. The van der Waals surface area contributed by atoms with E-state index in [4.69, 9.17) is 9.47 Å². The standard InChI is InChI=1S/C20H23NO3S/c1-13(2)16-6-4-5-7-17(16)21-20(22)14(3)25-15-8-9-18-19(12-15)24-11-10-23-18/h4-9,12-14H,10-11H2,1-3H3,(H,21,22)/t14-/m1/s1. The van der Waals surface area contributed by atoms with Gasteiger partial charge in [-0.05, 0) is 42.7 Å². The molecular formula is C20H23NO3S. The van der Waals surface area contributed by atoms with Crippen LogP contribution in [0.2, 0.25) is 0 Å². The summed E-state index contributed by atoms with van der Waals surface area (Å²) in [5.41, 5.74) is 2.03. The summed E-state index contributed by atoms with van der Waals surface area (Å²) < 4.78 is 11.1. The van der Waals surface area contributed by atoms with Gasteiger partial charge in [0.05, 0.1) is 5.25 Å². The molecule has 2 aromatic rings. The third kappa shape index (κ3) is 4.28. The number of rotatable bonds is 5. The molecule has 1 heterocycles. The molecule has 1 atom stereocenters. The van der Waals surface area contributed by atoms with Crippen LogP contribution in [0.5, 0.6) is 11.5 Å². The molecule has 1 aliphatic heterocycles. The fourth-order valence-corrected chi connectivity index (χ4v) is 3.60. The zero-order valence-electron chi connectivity index (χ0n) is 14.7. The summed E-state index contributed by atoms with van der Waals surface area (Å²) in [6.45, 7) is 7.29. The van der Waals surface area contributed by atoms with Gasteiger partial charge < -0.3 is 14.8 Å². The summed E-state index contributed by atoms with van der Waals surface area (Å²) in [5.74, 6) is 1.86. The maximum Gasteiger partial charge on any atom is 0.237 e. The summed E-state index contributed by atoms with van der Waals surface area (Å²) >= 11 is 1.51. The Labute approximate surface area is 152 Å². The second-order valence-corrected chi connectivity index (χ2v) is 7.71. The highest BCUT2D eigenvalue weighted by atomic mass is 32.2. The van der Waals surface area contributed by atoms with Crippen LogP contribution in [0.3, 0.4) is 0 Å². The predicted octanol–water partition coefficient (Wildman–Crippen LogP) is 4.70. The number of ether oxygens (including phenoxy) is 2. The van der Waals surface area contributed by atoms with Crippen molar-refractivity contribution in [1.82, 2.24) is 0 Å². The highest BCUT2D eigenvalue weighted by Gasteiger charge is 2.18. The Kier molecular flexibility index (Phi) is 5.53. The smallest absolute Gasteiger partial charge is 0.237 e. The molecule has 1 amide bonds. The van der Waals surface area contributed by atoms with Crippen LogP contribution in [-0.2, 0) is 4.79 Å². The van der Waals surface area contributed by atoms with Crippen LogP contribution in [0.15, 0.2) is 47.4 Å². The molecule has 4 nitrogen and oxygen atoms in total. The highest BCUT2D eigenvalue weighted by Crippen LogP contribution is 2.35. The second kappa shape index (κ2) is 7.83. The zero-order chi connectivity index (χ0) is 17.8. The zero-order valence-corrected chi connectivity index (χ0v) is 15.6. The summed E-state index contributed by atoms with van der Waals surface area (Å²) in [4.78, 5) is 13.6. The molecule has 0 radical (unpaired) electrons. The number of amides is 1. The number of anilines is 1. The van der Waals surface area contributed by atoms with E-state index < -0.39 is 0 Å². The molecule has 1 N–H and O–H groups in total. The Bertz CT molecular complexity index is 760. The van der Waals surface area contributed by atoms with Gasteiger partial charge in [0.15, 0.2) is 11.5 Å². The first kappa shape index (κ1) is 17.7. The second-order valence-electron chi connectivity index (χ2n) is 6.30. The monoisotopic (exact) mass is 357 g/mol. The minimum Gasteiger partial charge on any atom is -0.486 e. The van der Waals surface area contributed by atoms with Crippen LogP contribution in [0, 0.1) is 0 Å². The van der Waals surface area contributed by atoms with Crippen molar-refractivity contribution in [3.8, 4) is 11.5 Å². The fourth-order valence-electron chi connectivity index (χ4n) is 2.70. The molecule has 0 aliphatic carbocycles. The third-order valence-electron chi connectivity index (χ3n) is 4.04. The van der Waals surface area contributed by atoms with Crippen molar-refractivity contribution in [2.45, 2.75) is 36.8 Å². The summed E-state index contributed by atoms with van der Waals surface area (Å²) in [7, 11) is 0. The van der Waals surface area contributed by atoms with Crippen molar-refractivity contribution < 1.29 is 14.3 Å². The molecule has 0 fully saturated rings. The lowest BCUT2D eigenvalue weighted by atomic mass is 10.0. The number of para-hydroxylation sites is 1. The van der Waals surface area contributed by atoms with E-state index in [1.165, 1.54) is 11.8 Å². The Balaban J connectivity index is 1.67. The van der Waals surface area contributed by atoms with Crippen LogP contribution in [0.4, 0.5) is 5.69 Å². The van der Waals surface area contributed by atoms with Crippen LogP contribution in [-0.4, -0.2) is 24.4 Å². The summed E-state index contributed by atoms with van der Waals surface area (Å²) in [6, 6.07) is 13.7. The molecule has 3 rings (SSSR count). The first-order valence-corrected chi connectivity index (χ1v) is 9.38. The van der Waals surface area contributed by atoms with Gasteiger partial charge in [-0.15, -0.1) is 11.8 Å². The van der Waals surface area contributed by atoms with Crippen LogP contribution >= 0.6 is 11.8 Å². The quantitative estimate of drug-likeness (QED) is 0.788. The van der Waals surface area contributed by atoms with Gasteiger partial charge in [0, 0.05) is 10.6 Å². The van der Waals surface area contributed by atoms with E-state index in [1.54, 1.807) is 0 Å². The Morgan fingerprint density at radius 3 is 2.52 bits per heavy atom. The van der Waals surface area contributed by atoms with Crippen molar-refractivity contribution in [2.24, 2.45) is 0 Å². The number of thioether (sulfide) groups is 1. The van der Waals surface area contributed by atoms with Gasteiger partial charge in [-0.2, -0.15) is 0 Å². The number of nitrogens with one attached hydrogen (secondary N) is 1. The van der Waals surface area contributed by atoms with Crippen molar-refractivity contribution in [3.05, 3.63) is 48.0 Å². The van der Waals surface area contributed by atoms with E-state index in [9.17, 15) is 4.79 Å². The van der Waals surface area contributed by atoms with Crippen LogP contribution < -0.4 is 14.8 Å². The molecule has 0 unspecified atom stereocenters. The molecule has 0 spiro atoms. The van der Waals surface area contributed by atoms with E-state index in [0.717, 1.165) is 27.6 Å². The SMILES string of the molecule is CC(C)c1ccccc1NC(=O)[C@@H](C)Sc1ccc2c(c1)OCCO2. The van der Waals surface area contributed by atoms with Gasteiger partial charge in [-0.1, -0.05) is 32.0 Å². The minimum atomic E-state index is -0.220. The van der Waals surface area contributed by atoms with Crippen LogP contribution in [0.1, 0.15) is 32.3 Å². The molecular weight excluding hydrogens is 334 g/mol. The van der Waals surface area contributed by atoms with Crippen molar-refractivity contribution in [1.29, 1.82) is 0 Å². The van der Waals surface area contributed by atoms with Gasteiger partial charge in [0.2, 0.25) is 5.91 Å². The molecule has 1 aliphatic rings. The first-order valence-electron chi connectivity index (χ1n) is 8.50. The van der Waals surface area contributed by atoms with E-state index in [-0.39, 0.29) is 11.2 Å². The van der Waals surface area contributed by atoms with Gasteiger partial charge in [0.25, 0.3) is 0 Å². The molecule has 0 bridgehead atoms. The third-order valence-corrected chi connectivity index (χ3v) is 5.13. The number of hydrogen-bond acceptors (Lipinski definition) is 4. The van der Waals surface area contributed by atoms with Gasteiger partial charge in [-0.25, -0.2) is 0 Å². The van der Waals surface area contributed by atoms with E-state index >= 15 is 0 Å². The Morgan fingerprint density at radius 1 is 1.04 bits per heavy atom. The van der Waals surface area contributed by atoms with Gasteiger partial charge >= 0.3 is 0 Å². The predicted molar refractivity (Wildman–Crippen MR) is 102 cm³/mol. The molecule has 5 heteroatoms. The Morgan fingerprint density at radius 2 is 1.76 bits per heavy atom. The number of carbonyl (C=O) groups excluding carboxylic acids is 1. The van der Waals surface area contributed by atoms with Gasteiger partial charge in [0.1, 0.15) is 13.2 Å². The average Bonchev–Trinajstić information content (AvgIpc) is 2.61.